The molecule has 2 aromatic carbocycles. The Kier molecular flexibility index (Phi) is 9.02. The van der Waals surface area contributed by atoms with Gasteiger partial charge in [0.05, 0.1) is 17.1 Å². The Hall–Kier alpha value is -3.01. The number of fused-ring (bicyclic) bond motifs is 1. The van der Waals surface area contributed by atoms with Crippen LogP contribution in [0.25, 0.3) is 0 Å². The number of ether oxygens (including phenoxy) is 1. The van der Waals surface area contributed by atoms with Gasteiger partial charge in [-0.25, -0.2) is 13.2 Å². The standard InChI is InChI=1S/C29H34N2O5S2/c1-4-36-29(33)26-24-13-9-6-10-14-25(24)37-28(26)30-27(32)22-15-17-23(18-16-22)38(34,35)31(20(2)3)19-21-11-7-5-8-12-21/h5,7-8,11-12,15-18,20H,4,6,9-10,13-14,19H2,1-3H3,(H,30,32). The summed E-state index contributed by atoms with van der Waals surface area (Å²) in [5, 5.41) is 3.39. The summed E-state index contributed by atoms with van der Waals surface area (Å²) in [4.78, 5) is 27.2. The van der Waals surface area contributed by atoms with E-state index in [-0.39, 0.29) is 24.1 Å². The Morgan fingerprint density at radius 3 is 2.34 bits per heavy atom. The maximum Gasteiger partial charge on any atom is 0.341 e. The van der Waals surface area contributed by atoms with Crippen molar-refractivity contribution in [1.29, 1.82) is 0 Å². The van der Waals surface area contributed by atoms with E-state index in [1.54, 1.807) is 6.92 Å². The second kappa shape index (κ2) is 12.2. The summed E-state index contributed by atoms with van der Waals surface area (Å²) in [7, 11) is -3.79. The van der Waals surface area contributed by atoms with Gasteiger partial charge in [-0.2, -0.15) is 4.31 Å². The molecule has 7 nitrogen and oxygen atoms in total. The molecule has 0 aliphatic heterocycles. The van der Waals surface area contributed by atoms with Gasteiger partial charge in [-0.3, -0.25) is 4.79 Å². The summed E-state index contributed by atoms with van der Waals surface area (Å²) in [6, 6.07) is 15.1. The van der Waals surface area contributed by atoms with E-state index in [0.29, 0.717) is 16.1 Å². The number of nitrogens with one attached hydrogen (secondary N) is 1. The van der Waals surface area contributed by atoms with Crippen molar-refractivity contribution < 1.29 is 22.7 Å². The van der Waals surface area contributed by atoms with Crippen LogP contribution in [0.15, 0.2) is 59.5 Å². The molecule has 202 valence electrons. The minimum atomic E-state index is -3.79. The normalized spacial score (nSPS) is 13.7. The zero-order valence-corrected chi connectivity index (χ0v) is 23.7. The first-order valence-corrected chi connectivity index (χ1v) is 15.3. The van der Waals surface area contributed by atoms with E-state index in [2.05, 4.69) is 5.32 Å². The molecule has 1 N–H and O–H groups in total. The molecule has 0 radical (unpaired) electrons. The molecule has 0 fully saturated rings. The van der Waals surface area contributed by atoms with Crippen molar-refractivity contribution in [2.75, 3.05) is 11.9 Å². The van der Waals surface area contributed by atoms with E-state index in [4.69, 9.17) is 4.74 Å². The predicted octanol–water partition coefficient (Wildman–Crippen LogP) is 6.05. The molecule has 0 spiro atoms. The lowest BCUT2D eigenvalue weighted by Crippen LogP contribution is -2.36. The maximum absolute atomic E-state index is 13.4. The highest BCUT2D eigenvalue weighted by atomic mass is 32.2. The van der Waals surface area contributed by atoms with E-state index in [1.165, 1.54) is 39.9 Å². The lowest BCUT2D eigenvalue weighted by Gasteiger charge is -2.26. The largest absolute Gasteiger partial charge is 0.462 e. The van der Waals surface area contributed by atoms with Crippen LogP contribution < -0.4 is 5.32 Å². The molecular formula is C29H34N2O5S2. The van der Waals surface area contributed by atoms with Gasteiger partial charge in [0.2, 0.25) is 10.0 Å². The molecule has 9 heteroatoms. The van der Waals surface area contributed by atoms with Crippen molar-refractivity contribution in [1.82, 2.24) is 4.31 Å². The molecule has 4 rings (SSSR count). The number of sulfonamides is 1. The molecule has 1 amide bonds. The maximum atomic E-state index is 13.4. The van der Waals surface area contributed by atoms with E-state index in [0.717, 1.165) is 48.1 Å². The van der Waals surface area contributed by atoms with Crippen LogP contribution in [0.5, 0.6) is 0 Å². The van der Waals surface area contributed by atoms with Crippen molar-refractivity contribution >= 4 is 38.2 Å². The van der Waals surface area contributed by atoms with Crippen molar-refractivity contribution in [2.45, 2.75) is 70.4 Å². The van der Waals surface area contributed by atoms with Gasteiger partial charge in [0.1, 0.15) is 5.00 Å². The van der Waals surface area contributed by atoms with Gasteiger partial charge in [-0.05, 0) is 81.8 Å². The monoisotopic (exact) mass is 554 g/mol. The molecule has 0 unspecified atom stereocenters. The molecule has 0 atom stereocenters. The highest BCUT2D eigenvalue weighted by Crippen LogP contribution is 2.38. The Balaban J connectivity index is 1.56. The van der Waals surface area contributed by atoms with E-state index in [1.807, 2.05) is 44.2 Å². The fraction of sp³-hybridized carbons (Fsp3) is 0.379. The molecule has 38 heavy (non-hydrogen) atoms. The molecule has 0 saturated heterocycles. The first-order valence-electron chi connectivity index (χ1n) is 13.0. The summed E-state index contributed by atoms with van der Waals surface area (Å²) >= 11 is 1.43. The number of carbonyl (C=O) groups excluding carboxylic acids is 2. The molecule has 0 bridgehead atoms. The van der Waals surface area contributed by atoms with Crippen LogP contribution in [0, 0.1) is 0 Å². The van der Waals surface area contributed by atoms with Gasteiger partial charge in [0.15, 0.2) is 0 Å². The first kappa shape index (κ1) is 28.0. The second-order valence-corrected chi connectivity index (χ2v) is 12.6. The minimum Gasteiger partial charge on any atom is -0.462 e. The average Bonchev–Trinajstić information content (AvgIpc) is 3.07. The van der Waals surface area contributed by atoms with Crippen LogP contribution in [0.4, 0.5) is 5.00 Å². The Labute approximate surface area is 228 Å². The molecule has 3 aromatic rings. The Morgan fingerprint density at radius 2 is 1.68 bits per heavy atom. The van der Waals surface area contributed by atoms with Gasteiger partial charge in [0, 0.05) is 23.0 Å². The highest BCUT2D eigenvalue weighted by Gasteiger charge is 2.29. The number of esters is 1. The van der Waals surface area contributed by atoms with Crippen LogP contribution in [0.1, 0.15) is 76.8 Å². The quantitative estimate of drug-likeness (QED) is 0.257. The van der Waals surface area contributed by atoms with Crippen LogP contribution >= 0.6 is 11.3 Å². The molecule has 1 aliphatic carbocycles. The van der Waals surface area contributed by atoms with E-state index < -0.39 is 21.9 Å². The van der Waals surface area contributed by atoms with Crippen LogP contribution in [0.3, 0.4) is 0 Å². The molecule has 0 saturated carbocycles. The zero-order chi connectivity index (χ0) is 27.3. The number of carbonyl (C=O) groups is 2. The number of aryl methyl sites for hydroxylation is 1. The van der Waals surface area contributed by atoms with Crippen LogP contribution in [-0.4, -0.2) is 37.2 Å². The predicted molar refractivity (Wildman–Crippen MR) is 150 cm³/mol. The van der Waals surface area contributed by atoms with Gasteiger partial charge < -0.3 is 10.1 Å². The molecular weight excluding hydrogens is 520 g/mol. The molecule has 1 aliphatic rings. The Bertz CT molecular complexity index is 1380. The van der Waals surface area contributed by atoms with Gasteiger partial charge in [0.25, 0.3) is 5.91 Å². The zero-order valence-electron chi connectivity index (χ0n) is 22.0. The number of anilines is 1. The van der Waals surface area contributed by atoms with Gasteiger partial charge in [-0.1, -0.05) is 36.8 Å². The highest BCUT2D eigenvalue weighted by molar-refractivity contribution is 7.89. The number of nitrogens with zero attached hydrogens (tertiary/aromatic N) is 1. The van der Waals surface area contributed by atoms with Crippen molar-refractivity contribution in [2.24, 2.45) is 0 Å². The van der Waals surface area contributed by atoms with Crippen molar-refractivity contribution in [3.63, 3.8) is 0 Å². The van der Waals surface area contributed by atoms with Gasteiger partial charge >= 0.3 is 5.97 Å². The van der Waals surface area contributed by atoms with E-state index >= 15 is 0 Å². The van der Waals surface area contributed by atoms with Crippen LogP contribution in [-0.2, 0) is 34.1 Å². The summed E-state index contributed by atoms with van der Waals surface area (Å²) in [6.07, 6.45) is 4.83. The average molecular weight is 555 g/mol. The number of thiophene rings is 1. The second-order valence-electron chi connectivity index (χ2n) is 9.60. The third kappa shape index (κ3) is 6.17. The number of hydrogen-bond donors (Lipinski definition) is 1. The minimum absolute atomic E-state index is 0.119. The molecule has 1 heterocycles. The van der Waals surface area contributed by atoms with Gasteiger partial charge in [-0.15, -0.1) is 11.3 Å². The fourth-order valence-electron chi connectivity index (χ4n) is 4.65. The van der Waals surface area contributed by atoms with Crippen molar-refractivity contribution in [3.8, 4) is 0 Å². The summed E-state index contributed by atoms with van der Waals surface area (Å²) in [5.41, 5.74) is 2.64. The first-order chi connectivity index (χ1) is 18.2. The van der Waals surface area contributed by atoms with Crippen molar-refractivity contribution in [3.05, 3.63) is 81.7 Å². The number of rotatable bonds is 9. The summed E-state index contributed by atoms with van der Waals surface area (Å²) in [5.74, 6) is -0.822. The van der Waals surface area contributed by atoms with E-state index in [9.17, 15) is 18.0 Å². The smallest absolute Gasteiger partial charge is 0.341 e. The Morgan fingerprint density at radius 1 is 1.00 bits per heavy atom. The lowest BCUT2D eigenvalue weighted by molar-refractivity contribution is 0.0527. The molecule has 1 aromatic heterocycles. The third-order valence-electron chi connectivity index (χ3n) is 6.61. The topological polar surface area (TPSA) is 92.8 Å². The number of hydrogen-bond acceptors (Lipinski definition) is 6. The lowest BCUT2D eigenvalue weighted by atomic mass is 10.1. The summed E-state index contributed by atoms with van der Waals surface area (Å²) < 4.78 is 33.6. The third-order valence-corrected chi connectivity index (χ3v) is 9.85. The van der Waals surface area contributed by atoms with Crippen LogP contribution in [0.2, 0.25) is 0 Å². The number of benzene rings is 2. The SMILES string of the molecule is CCOC(=O)c1c(NC(=O)c2ccc(S(=O)(=O)N(Cc3ccccc3)C(C)C)cc2)sc2c1CCCCC2. The number of amides is 1. The summed E-state index contributed by atoms with van der Waals surface area (Å²) in [6.45, 7) is 5.95. The fourth-order valence-corrected chi connectivity index (χ4v) is 7.54.